The second kappa shape index (κ2) is 6.89. The molecule has 5 nitrogen and oxygen atoms in total. The number of pyridine rings is 1. The Kier molecular flexibility index (Phi) is 4.69. The number of nitrogens with zero attached hydrogens (tertiary/aromatic N) is 4. The zero-order valence-corrected chi connectivity index (χ0v) is 13.5. The van der Waals surface area contributed by atoms with E-state index in [1.54, 1.807) is 6.20 Å². The van der Waals surface area contributed by atoms with E-state index in [9.17, 15) is 0 Å². The predicted molar refractivity (Wildman–Crippen MR) is 95.1 cm³/mol. The minimum absolute atomic E-state index is 0. The summed E-state index contributed by atoms with van der Waals surface area (Å²) in [6, 6.07) is 12.1. The van der Waals surface area contributed by atoms with E-state index in [0.29, 0.717) is 0 Å². The summed E-state index contributed by atoms with van der Waals surface area (Å²) in [6.45, 7) is 3.90. The van der Waals surface area contributed by atoms with Crippen LogP contribution in [0, 0.1) is 0 Å². The van der Waals surface area contributed by atoms with E-state index in [2.05, 4.69) is 21.3 Å². The number of hydrogen-bond acceptors (Lipinski definition) is 5. The van der Waals surface area contributed by atoms with Crippen LogP contribution in [0.15, 0.2) is 48.8 Å². The molecule has 1 N–H and O–H groups in total. The van der Waals surface area contributed by atoms with Crippen LogP contribution in [0.2, 0.25) is 0 Å². The van der Waals surface area contributed by atoms with Crippen LogP contribution in [0.5, 0.6) is 0 Å². The molecule has 0 saturated carbocycles. The van der Waals surface area contributed by atoms with Gasteiger partial charge in [-0.25, -0.2) is 9.97 Å². The summed E-state index contributed by atoms with van der Waals surface area (Å²) in [7, 11) is 0. The summed E-state index contributed by atoms with van der Waals surface area (Å²) in [6.07, 6.45) is 3.58. The Morgan fingerprint density at radius 3 is 2.57 bits per heavy atom. The van der Waals surface area contributed by atoms with Crippen LogP contribution in [0.25, 0.3) is 22.3 Å². The number of benzene rings is 1. The fraction of sp³-hybridized carbons (Fsp3) is 0.235. The van der Waals surface area contributed by atoms with Gasteiger partial charge < -0.3 is 10.2 Å². The van der Waals surface area contributed by atoms with Gasteiger partial charge in [0.15, 0.2) is 5.82 Å². The van der Waals surface area contributed by atoms with E-state index in [0.717, 1.165) is 54.3 Å². The standard InChI is InChI=1S/C17H17N5.ClH/c1-2-6-15-14(5-1)17(22-10-8-18-9-11-22)21-16(20-15)13-4-3-7-19-12-13;/h1-7,12,18H,8-11H2;1H. The summed E-state index contributed by atoms with van der Waals surface area (Å²) >= 11 is 0. The number of piperazine rings is 1. The van der Waals surface area contributed by atoms with Crippen molar-refractivity contribution in [2.45, 2.75) is 0 Å². The molecular weight excluding hydrogens is 310 g/mol. The minimum Gasteiger partial charge on any atom is -0.353 e. The molecule has 3 heterocycles. The van der Waals surface area contributed by atoms with Gasteiger partial charge in [0, 0.05) is 49.5 Å². The molecule has 0 bridgehead atoms. The van der Waals surface area contributed by atoms with E-state index in [4.69, 9.17) is 9.97 Å². The van der Waals surface area contributed by atoms with E-state index in [1.807, 2.05) is 36.5 Å². The molecule has 4 rings (SSSR count). The number of fused-ring (bicyclic) bond motifs is 1. The van der Waals surface area contributed by atoms with Crippen molar-refractivity contribution in [1.29, 1.82) is 0 Å². The maximum absolute atomic E-state index is 4.84. The maximum Gasteiger partial charge on any atom is 0.163 e. The van der Waals surface area contributed by atoms with Crippen LogP contribution in [0.4, 0.5) is 5.82 Å². The number of hydrogen-bond donors (Lipinski definition) is 1. The lowest BCUT2D eigenvalue weighted by atomic mass is 10.2. The van der Waals surface area contributed by atoms with Gasteiger partial charge in [0.2, 0.25) is 0 Å². The highest BCUT2D eigenvalue weighted by atomic mass is 35.5. The lowest BCUT2D eigenvalue weighted by molar-refractivity contribution is 0.586. The van der Waals surface area contributed by atoms with E-state index >= 15 is 0 Å². The Labute approximate surface area is 141 Å². The topological polar surface area (TPSA) is 53.9 Å². The van der Waals surface area contributed by atoms with Crippen LogP contribution in [-0.4, -0.2) is 41.1 Å². The zero-order chi connectivity index (χ0) is 14.8. The first-order valence-electron chi connectivity index (χ1n) is 7.55. The molecule has 0 atom stereocenters. The van der Waals surface area contributed by atoms with Crippen molar-refractivity contribution in [2.24, 2.45) is 0 Å². The lowest BCUT2D eigenvalue weighted by Gasteiger charge is -2.29. The van der Waals surface area contributed by atoms with Gasteiger partial charge in [-0.05, 0) is 24.3 Å². The van der Waals surface area contributed by atoms with Crippen molar-refractivity contribution in [3.8, 4) is 11.4 Å². The molecule has 0 aliphatic carbocycles. The molecule has 0 amide bonds. The second-order valence-corrected chi connectivity index (χ2v) is 5.37. The highest BCUT2D eigenvalue weighted by molar-refractivity contribution is 5.91. The number of rotatable bonds is 2. The highest BCUT2D eigenvalue weighted by Gasteiger charge is 2.17. The molecule has 1 aromatic carbocycles. The van der Waals surface area contributed by atoms with E-state index in [-0.39, 0.29) is 12.4 Å². The third-order valence-electron chi connectivity index (χ3n) is 3.92. The van der Waals surface area contributed by atoms with E-state index < -0.39 is 0 Å². The Morgan fingerprint density at radius 2 is 1.78 bits per heavy atom. The van der Waals surface area contributed by atoms with Gasteiger partial charge in [0.1, 0.15) is 5.82 Å². The Bertz CT molecular complexity index is 787. The van der Waals surface area contributed by atoms with Crippen molar-refractivity contribution >= 4 is 29.1 Å². The molecule has 3 aromatic rings. The number of aromatic nitrogens is 3. The molecule has 0 spiro atoms. The van der Waals surface area contributed by atoms with Crippen LogP contribution in [0.3, 0.4) is 0 Å². The maximum atomic E-state index is 4.84. The monoisotopic (exact) mass is 327 g/mol. The van der Waals surface area contributed by atoms with Crippen LogP contribution < -0.4 is 10.2 Å². The number of nitrogens with one attached hydrogen (secondary N) is 1. The fourth-order valence-electron chi connectivity index (χ4n) is 2.80. The Hall–Kier alpha value is -2.24. The molecule has 6 heteroatoms. The summed E-state index contributed by atoms with van der Waals surface area (Å²) in [5, 5.41) is 4.49. The Morgan fingerprint density at radius 1 is 0.957 bits per heavy atom. The van der Waals surface area contributed by atoms with Crippen molar-refractivity contribution in [3.05, 3.63) is 48.8 Å². The first-order chi connectivity index (χ1) is 10.9. The van der Waals surface area contributed by atoms with Gasteiger partial charge in [0.05, 0.1) is 5.52 Å². The van der Waals surface area contributed by atoms with Crippen molar-refractivity contribution in [1.82, 2.24) is 20.3 Å². The van der Waals surface area contributed by atoms with Crippen LogP contribution in [0.1, 0.15) is 0 Å². The van der Waals surface area contributed by atoms with Crippen LogP contribution in [-0.2, 0) is 0 Å². The Balaban J connectivity index is 0.00000156. The zero-order valence-electron chi connectivity index (χ0n) is 12.6. The first kappa shape index (κ1) is 15.6. The van der Waals surface area contributed by atoms with E-state index in [1.165, 1.54) is 0 Å². The third-order valence-corrected chi connectivity index (χ3v) is 3.92. The van der Waals surface area contributed by atoms with Crippen LogP contribution >= 0.6 is 12.4 Å². The molecule has 118 valence electrons. The minimum atomic E-state index is 0. The molecular formula is C17H18ClN5. The number of anilines is 1. The summed E-state index contributed by atoms with van der Waals surface area (Å²) in [5.41, 5.74) is 1.93. The summed E-state index contributed by atoms with van der Waals surface area (Å²) in [4.78, 5) is 16.1. The second-order valence-electron chi connectivity index (χ2n) is 5.37. The normalized spacial score (nSPS) is 14.5. The molecule has 1 aliphatic rings. The van der Waals surface area contributed by atoms with Gasteiger partial charge >= 0.3 is 0 Å². The van der Waals surface area contributed by atoms with Gasteiger partial charge in [-0.1, -0.05) is 12.1 Å². The molecule has 0 unspecified atom stereocenters. The van der Waals surface area contributed by atoms with Crippen molar-refractivity contribution in [3.63, 3.8) is 0 Å². The number of para-hydroxylation sites is 1. The van der Waals surface area contributed by atoms with Gasteiger partial charge in [-0.3, -0.25) is 4.98 Å². The lowest BCUT2D eigenvalue weighted by Crippen LogP contribution is -2.44. The molecule has 1 aliphatic heterocycles. The number of halogens is 1. The molecule has 23 heavy (non-hydrogen) atoms. The molecule has 2 aromatic heterocycles. The fourth-order valence-corrected chi connectivity index (χ4v) is 2.80. The average molecular weight is 328 g/mol. The summed E-state index contributed by atoms with van der Waals surface area (Å²) < 4.78 is 0. The molecule has 0 radical (unpaired) electrons. The largest absolute Gasteiger partial charge is 0.353 e. The third kappa shape index (κ3) is 3.11. The first-order valence-corrected chi connectivity index (χ1v) is 7.55. The van der Waals surface area contributed by atoms with Crippen molar-refractivity contribution < 1.29 is 0 Å². The molecule has 1 fully saturated rings. The van der Waals surface area contributed by atoms with Gasteiger partial charge in [-0.15, -0.1) is 12.4 Å². The summed E-state index contributed by atoms with van der Waals surface area (Å²) in [5.74, 6) is 1.76. The van der Waals surface area contributed by atoms with Gasteiger partial charge in [-0.2, -0.15) is 0 Å². The molecule has 1 saturated heterocycles. The SMILES string of the molecule is Cl.c1cncc(-c2nc(N3CCNCC3)c3ccccc3n2)c1. The van der Waals surface area contributed by atoms with Crippen molar-refractivity contribution in [2.75, 3.05) is 31.1 Å². The predicted octanol–water partition coefficient (Wildman–Crippen LogP) is 2.52. The van der Waals surface area contributed by atoms with Gasteiger partial charge in [0.25, 0.3) is 0 Å². The highest BCUT2D eigenvalue weighted by Crippen LogP contribution is 2.27. The smallest absolute Gasteiger partial charge is 0.163 e. The average Bonchev–Trinajstić information content (AvgIpc) is 2.62. The quantitative estimate of drug-likeness (QED) is 0.784.